The Bertz CT molecular complexity index is 670. The molecule has 2 aromatic carbocycles. The van der Waals surface area contributed by atoms with Gasteiger partial charge in [-0.2, -0.15) is 13.2 Å². The highest BCUT2D eigenvalue weighted by atomic mass is 19.4. The average molecular weight is 321 g/mol. The highest BCUT2D eigenvalue weighted by Crippen LogP contribution is 2.36. The number of halogens is 3. The zero-order chi connectivity index (χ0) is 16.4. The molecule has 3 rings (SSSR count). The zero-order valence-electron chi connectivity index (χ0n) is 12.6. The molecule has 0 radical (unpaired) electrons. The minimum atomic E-state index is -4.34. The Morgan fingerprint density at radius 3 is 2.48 bits per heavy atom. The largest absolute Gasteiger partial charge is 0.391 e. The van der Waals surface area contributed by atoms with Crippen LogP contribution in [0.3, 0.4) is 0 Å². The first-order chi connectivity index (χ1) is 10.9. The number of hydrogen-bond donors (Lipinski definition) is 1. The molecule has 0 aliphatic carbocycles. The van der Waals surface area contributed by atoms with E-state index in [0.29, 0.717) is 6.54 Å². The van der Waals surface area contributed by atoms with Crippen molar-refractivity contribution in [1.29, 1.82) is 0 Å². The summed E-state index contributed by atoms with van der Waals surface area (Å²) in [6.45, 7) is 0.638. The van der Waals surface area contributed by atoms with E-state index in [1.54, 1.807) is 0 Å². The van der Waals surface area contributed by atoms with Crippen molar-refractivity contribution in [2.45, 2.75) is 25.1 Å². The van der Waals surface area contributed by atoms with Crippen LogP contribution in [0.1, 0.15) is 12.0 Å². The summed E-state index contributed by atoms with van der Waals surface area (Å²) in [4.78, 5) is 1.85. The zero-order valence-corrected chi connectivity index (χ0v) is 12.6. The molecule has 2 nitrogen and oxygen atoms in total. The average Bonchev–Trinajstić information content (AvgIpc) is 2.89. The third kappa shape index (κ3) is 3.67. The second-order valence-electron chi connectivity index (χ2n) is 5.84. The van der Waals surface area contributed by atoms with Crippen molar-refractivity contribution in [2.75, 3.05) is 18.0 Å². The van der Waals surface area contributed by atoms with Gasteiger partial charge in [-0.15, -0.1) is 0 Å². The SMILES string of the molecule is OC(CN1CCc2c(-c3ccccc3)cccc21)CC(F)(F)F. The molecule has 1 N–H and O–H groups in total. The van der Waals surface area contributed by atoms with Crippen LogP contribution in [0.25, 0.3) is 11.1 Å². The number of benzene rings is 2. The standard InChI is InChI=1S/C18H18F3NO/c19-18(20,21)11-14(23)12-22-10-9-16-15(7-4-8-17(16)22)13-5-2-1-3-6-13/h1-8,14,23H,9-12H2. The van der Waals surface area contributed by atoms with E-state index in [0.717, 1.165) is 28.8 Å². The lowest BCUT2D eigenvalue weighted by molar-refractivity contribution is -0.152. The molecule has 0 amide bonds. The molecule has 23 heavy (non-hydrogen) atoms. The fourth-order valence-electron chi connectivity index (χ4n) is 3.16. The Hall–Kier alpha value is -2.01. The summed E-state index contributed by atoms with van der Waals surface area (Å²) in [6, 6.07) is 15.8. The van der Waals surface area contributed by atoms with E-state index in [9.17, 15) is 18.3 Å². The Morgan fingerprint density at radius 2 is 1.78 bits per heavy atom. The van der Waals surface area contributed by atoms with Crippen LogP contribution in [0.15, 0.2) is 48.5 Å². The van der Waals surface area contributed by atoms with Crippen LogP contribution in [0.2, 0.25) is 0 Å². The highest BCUT2D eigenvalue weighted by molar-refractivity contribution is 5.76. The quantitative estimate of drug-likeness (QED) is 0.919. The normalized spacial score (nSPS) is 15.6. The van der Waals surface area contributed by atoms with Gasteiger partial charge in [0.05, 0.1) is 12.5 Å². The number of fused-ring (bicyclic) bond motifs is 1. The Balaban J connectivity index is 1.81. The van der Waals surface area contributed by atoms with Gasteiger partial charge in [-0.05, 0) is 29.2 Å². The lowest BCUT2D eigenvalue weighted by Crippen LogP contribution is -2.33. The number of rotatable bonds is 4. The molecule has 0 fully saturated rings. The summed E-state index contributed by atoms with van der Waals surface area (Å²) < 4.78 is 37.1. The van der Waals surface area contributed by atoms with E-state index >= 15 is 0 Å². The third-order valence-electron chi connectivity index (χ3n) is 4.11. The van der Waals surface area contributed by atoms with Gasteiger partial charge in [0, 0.05) is 18.8 Å². The maximum Gasteiger partial charge on any atom is 0.391 e. The van der Waals surface area contributed by atoms with Crippen LogP contribution in [0.4, 0.5) is 18.9 Å². The third-order valence-corrected chi connectivity index (χ3v) is 4.11. The minimum absolute atomic E-state index is 0.00472. The Labute approximate surface area is 133 Å². The predicted octanol–water partition coefficient (Wildman–Crippen LogP) is 4.03. The van der Waals surface area contributed by atoms with E-state index in [1.165, 1.54) is 0 Å². The van der Waals surface area contributed by atoms with Gasteiger partial charge >= 0.3 is 6.18 Å². The first-order valence-corrected chi connectivity index (χ1v) is 7.61. The van der Waals surface area contributed by atoms with E-state index in [2.05, 4.69) is 0 Å². The summed E-state index contributed by atoms with van der Waals surface area (Å²) in [5.41, 5.74) is 4.27. The number of nitrogens with zero attached hydrogens (tertiary/aromatic N) is 1. The molecular formula is C18H18F3NO. The minimum Gasteiger partial charge on any atom is -0.391 e. The summed E-state index contributed by atoms with van der Waals surface area (Å²) >= 11 is 0. The molecule has 122 valence electrons. The van der Waals surface area contributed by atoms with Crippen molar-refractivity contribution in [2.24, 2.45) is 0 Å². The van der Waals surface area contributed by atoms with Gasteiger partial charge < -0.3 is 10.0 Å². The van der Waals surface area contributed by atoms with E-state index in [-0.39, 0.29) is 6.54 Å². The molecule has 0 saturated heterocycles. The monoisotopic (exact) mass is 321 g/mol. The highest BCUT2D eigenvalue weighted by Gasteiger charge is 2.33. The van der Waals surface area contributed by atoms with Crippen LogP contribution in [-0.4, -0.2) is 30.5 Å². The first-order valence-electron chi connectivity index (χ1n) is 7.61. The van der Waals surface area contributed by atoms with Gasteiger partial charge in [-0.1, -0.05) is 42.5 Å². The van der Waals surface area contributed by atoms with Gasteiger partial charge in [0.15, 0.2) is 0 Å². The van der Waals surface area contributed by atoms with Gasteiger partial charge in [0.2, 0.25) is 0 Å². The molecule has 0 spiro atoms. The van der Waals surface area contributed by atoms with Gasteiger partial charge in [0.1, 0.15) is 0 Å². The number of aliphatic hydroxyl groups is 1. The smallest absolute Gasteiger partial charge is 0.391 e. The van der Waals surface area contributed by atoms with Crippen molar-refractivity contribution >= 4 is 5.69 Å². The molecule has 0 saturated carbocycles. The van der Waals surface area contributed by atoms with Crippen LogP contribution >= 0.6 is 0 Å². The molecule has 2 aromatic rings. The summed E-state index contributed by atoms with van der Waals surface area (Å²) in [5.74, 6) is 0. The number of aliphatic hydroxyl groups excluding tert-OH is 1. The summed E-state index contributed by atoms with van der Waals surface area (Å²) in [7, 11) is 0. The van der Waals surface area contributed by atoms with E-state index in [1.807, 2.05) is 53.4 Å². The number of alkyl halides is 3. The second-order valence-corrected chi connectivity index (χ2v) is 5.84. The molecule has 1 aliphatic heterocycles. The summed E-state index contributed by atoms with van der Waals surface area (Å²) in [6.07, 6.45) is -6.13. The summed E-state index contributed by atoms with van der Waals surface area (Å²) in [5, 5.41) is 9.70. The molecule has 1 aliphatic rings. The van der Waals surface area contributed by atoms with Crippen molar-refractivity contribution in [3.05, 3.63) is 54.1 Å². The molecule has 0 bridgehead atoms. The maximum atomic E-state index is 12.4. The van der Waals surface area contributed by atoms with Gasteiger partial charge in [0.25, 0.3) is 0 Å². The van der Waals surface area contributed by atoms with Crippen molar-refractivity contribution in [1.82, 2.24) is 0 Å². The van der Waals surface area contributed by atoms with Crippen molar-refractivity contribution in [3.63, 3.8) is 0 Å². The maximum absolute atomic E-state index is 12.4. The lowest BCUT2D eigenvalue weighted by atomic mass is 9.98. The number of β-amino-alcohol motifs (C(OH)–C–C–N with tert-alkyl or cyclic N) is 1. The molecule has 5 heteroatoms. The number of hydrogen-bond acceptors (Lipinski definition) is 2. The van der Waals surface area contributed by atoms with Crippen molar-refractivity contribution < 1.29 is 18.3 Å². The first kappa shape index (κ1) is 15.9. The predicted molar refractivity (Wildman–Crippen MR) is 84.5 cm³/mol. The molecule has 1 heterocycles. The Morgan fingerprint density at radius 1 is 1.04 bits per heavy atom. The van der Waals surface area contributed by atoms with Gasteiger partial charge in [-0.3, -0.25) is 0 Å². The molecule has 0 aromatic heterocycles. The fraction of sp³-hybridized carbons (Fsp3) is 0.333. The van der Waals surface area contributed by atoms with E-state index < -0.39 is 18.7 Å². The van der Waals surface area contributed by atoms with Gasteiger partial charge in [-0.25, -0.2) is 0 Å². The second kappa shape index (κ2) is 6.24. The van der Waals surface area contributed by atoms with Crippen LogP contribution in [0, 0.1) is 0 Å². The van der Waals surface area contributed by atoms with Crippen LogP contribution in [-0.2, 0) is 6.42 Å². The molecule has 1 unspecified atom stereocenters. The van der Waals surface area contributed by atoms with E-state index in [4.69, 9.17) is 0 Å². The molecular weight excluding hydrogens is 303 g/mol. The fourth-order valence-corrected chi connectivity index (χ4v) is 3.16. The molecule has 1 atom stereocenters. The van der Waals surface area contributed by atoms with Crippen molar-refractivity contribution in [3.8, 4) is 11.1 Å². The topological polar surface area (TPSA) is 23.5 Å². The number of anilines is 1. The Kier molecular flexibility index (Phi) is 4.31. The van der Waals surface area contributed by atoms with Crippen LogP contribution in [0.5, 0.6) is 0 Å². The lowest BCUT2D eigenvalue weighted by Gasteiger charge is -2.23. The van der Waals surface area contributed by atoms with Crippen LogP contribution < -0.4 is 4.90 Å².